The van der Waals surface area contributed by atoms with Crippen LogP contribution in [0.2, 0.25) is 0 Å². The highest BCUT2D eigenvalue weighted by molar-refractivity contribution is 6.25. The molecule has 0 N–H and O–H groups in total. The number of hydrogen-bond acceptors (Lipinski definition) is 3. The molecule has 0 aliphatic heterocycles. The molecule has 0 radical (unpaired) electrons. The zero-order valence-corrected chi connectivity index (χ0v) is 10.6. The minimum absolute atomic E-state index is 0.00512. The highest BCUT2D eigenvalue weighted by Crippen LogP contribution is 1.99. The molecule has 0 unspecified atom stereocenters. The van der Waals surface area contributed by atoms with E-state index in [1.54, 1.807) is 6.92 Å². The molecule has 0 spiro atoms. The van der Waals surface area contributed by atoms with Crippen LogP contribution in [0.3, 0.4) is 0 Å². The molecule has 0 saturated heterocycles. The van der Waals surface area contributed by atoms with Gasteiger partial charge in [0.05, 0.1) is 5.56 Å². The molecule has 1 aromatic heterocycles. The average Bonchev–Trinajstić information content (AvgIpc) is 2.29. The van der Waals surface area contributed by atoms with Gasteiger partial charge in [-0.25, -0.2) is 4.79 Å². The maximum absolute atomic E-state index is 11.8. The van der Waals surface area contributed by atoms with Gasteiger partial charge in [0.15, 0.2) is 5.78 Å². The molecule has 1 heterocycles. The maximum Gasteiger partial charge on any atom is 0.331 e. The summed E-state index contributed by atoms with van der Waals surface area (Å²) in [5.41, 5.74) is 1.05. The molecular weight excluding hydrogens is 244 g/mol. The summed E-state index contributed by atoms with van der Waals surface area (Å²) in [5.74, 6) is -0.369. The summed E-state index contributed by atoms with van der Waals surface area (Å²) in [6.07, 6.45) is 1.27. The number of carbonyl (C=O) groups is 1. The van der Waals surface area contributed by atoms with Gasteiger partial charge in [-0.1, -0.05) is 11.6 Å². The summed E-state index contributed by atoms with van der Waals surface area (Å²) < 4.78 is 2.20. The molecule has 6 heteroatoms. The smallest absolute Gasteiger partial charge is 0.296 e. The largest absolute Gasteiger partial charge is 0.331 e. The van der Waals surface area contributed by atoms with E-state index in [-0.39, 0.29) is 17.9 Å². The minimum Gasteiger partial charge on any atom is -0.296 e. The van der Waals surface area contributed by atoms with Gasteiger partial charge in [0.2, 0.25) is 0 Å². The Kier molecular flexibility index (Phi) is 4.07. The molecule has 0 bridgehead atoms. The highest BCUT2D eigenvalue weighted by Gasteiger charge is 2.12. The van der Waals surface area contributed by atoms with Crippen molar-refractivity contribution in [2.45, 2.75) is 20.4 Å². The Labute approximate surface area is 103 Å². The van der Waals surface area contributed by atoms with E-state index < -0.39 is 11.2 Å². The van der Waals surface area contributed by atoms with Crippen LogP contribution in [0.25, 0.3) is 0 Å². The fraction of sp³-hybridized carbons (Fsp3) is 0.364. The zero-order chi connectivity index (χ0) is 13.2. The normalized spacial score (nSPS) is 11.6. The average molecular weight is 257 g/mol. The van der Waals surface area contributed by atoms with Gasteiger partial charge >= 0.3 is 5.69 Å². The fourth-order valence-corrected chi connectivity index (χ4v) is 1.45. The minimum atomic E-state index is -0.578. The Morgan fingerprint density at radius 3 is 2.47 bits per heavy atom. The van der Waals surface area contributed by atoms with Gasteiger partial charge in [-0.05, 0) is 19.4 Å². The second-order valence-corrected chi connectivity index (χ2v) is 4.05. The lowest BCUT2D eigenvalue weighted by molar-refractivity contribution is 0.101. The van der Waals surface area contributed by atoms with Crippen molar-refractivity contribution in [3.8, 4) is 0 Å². The Hall–Kier alpha value is -1.62. The first-order chi connectivity index (χ1) is 7.88. The van der Waals surface area contributed by atoms with Gasteiger partial charge in [0.25, 0.3) is 5.56 Å². The van der Waals surface area contributed by atoms with Crippen LogP contribution in [0.15, 0.2) is 26.9 Å². The van der Waals surface area contributed by atoms with Gasteiger partial charge < -0.3 is 0 Å². The summed E-state index contributed by atoms with van der Waals surface area (Å²) in [5, 5.41) is 0. The lowest BCUT2D eigenvalue weighted by Gasteiger charge is -2.09. The molecule has 0 aliphatic rings. The van der Waals surface area contributed by atoms with E-state index in [2.05, 4.69) is 0 Å². The molecule has 1 aromatic rings. The molecule has 0 amide bonds. The molecule has 0 saturated carbocycles. The third kappa shape index (κ3) is 2.74. The maximum atomic E-state index is 11.8. The van der Waals surface area contributed by atoms with Gasteiger partial charge in [-0.15, -0.1) is 0 Å². The number of hydrogen-bond donors (Lipinski definition) is 0. The summed E-state index contributed by atoms with van der Waals surface area (Å²) >= 11 is 5.51. The Morgan fingerprint density at radius 1 is 1.41 bits per heavy atom. The van der Waals surface area contributed by atoms with Crippen molar-refractivity contribution in [2.75, 3.05) is 0 Å². The number of halogens is 1. The van der Waals surface area contributed by atoms with Crippen molar-refractivity contribution in [1.82, 2.24) is 9.13 Å². The Balaban J connectivity index is 3.48. The molecule has 5 nitrogen and oxygen atoms in total. The van der Waals surface area contributed by atoms with Crippen LogP contribution in [0.5, 0.6) is 0 Å². The summed E-state index contributed by atoms with van der Waals surface area (Å²) in [6, 6.07) is 0. The van der Waals surface area contributed by atoms with Crippen molar-refractivity contribution in [2.24, 2.45) is 7.05 Å². The first-order valence-corrected chi connectivity index (χ1v) is 5.39. The third-order valence-electron chi connectivity index (χ3n) is 2.34. The molecule has 0 atom stereocenters. The van der Waals surface area contributed by atoms with E-state index >= 15 is 0 Å². The Morgan fingerprint density at radius 2 is 2.00 bits per heavy atom. The van der Waals surface area contributed by atoms with Gasteiger partial charge in [-0.3, -0.25) is 18.7 Å². The standard InChI is InChI=1S/C11H13ClN2O3/c1-7(4-12)5-14-6-9(8(2)15)10(16)13(3)11(14)17/h4,6H,5H2,1-3H3. The van der Waals surface area contributed by atoms with Gasteiger partial charge in [-0.2, -0.15) is 0 Å². The van der Waals surface area contributed by atoms with Crippen LogP contribution < -0.4 is 11.2 Å². The van der Waals surface area contributed by atoms with Gasteiger partial charge in [0.1, 0.15) is 0 Å². The highest BCUT2D eigenvalue weighted by atomic mass is 35.5. The number of Topliss-reactive ketones (excluding diaryl/α,β-unsaturated/α-hetero) is 1. The molecule has 0 aliphatic carbocycles. The van der Waals surface area contributed by atoms with Crippen LogP contribution >= 0.6 is 11.6 Å². The second-order valence-electron chi connectivity index (χ2n) is 3.83. The lowest BCUT2D eigenvalue weighted by atomic mass is 10.2. The van der Waals surface area contributed by atoms with E-state index in [0.717, 1.165) is 10.1 Å². The van der Waals surface area contributed by atoms with Crippen molar-refractivity contribution < 1.29 is 4.79 Å². The first kappa shape index (κ1) is 13.4. The van der Waals surface area contributed by atoms with Crippen molar-refractivity contribution in [1.29, 1.82) is 0 Å². The summed E-state index contributed by atoms with van der Waals surface area (Å²) in [6.45, 7) is 3.28. The van der Waals surface area contributed by atoms with E-state index in [1.807, 2.05) is 0 Å². The summed E-state index contributed by atoms with van der Waals surface area (Å²) in [7, 11) is 1.34. The monoisotopic (exact) mass is 256 g/mol. The predicted octanol–water partition coefficient (Wildman–Crippen LogP) is 0.892. The van der Waals surface area contributed by atoms with Crippen LogP contribution in [-0.2, 0) is 13.6 Å². The second kappa shape index (κ2) is 5.14. The number of carbonyl (C=O) groups excluding carboxylic acids is 1. The number of aromatic nitrogens is 2. The molecule has 0 aromatic carbocycles. The summed E-state index contributed by atoms with van der Waals surface area (Å²) in [4.78, 5) is 34.7. The van der Waals surface area contributed by atoms with Gasteiger partial charge in [0, 0.05) is 25.3 Å². The number of nitrogens with zero attached hydrogens (tertiary/aromatic N) is 2. The zero-order valence-electron chi connectivity index (χ0n) is 9.86. The van der Waals surface area contributed by atoms with E-state index in [0.29, 0.717) is 0 Å². The predicted molar refractivity (Wildman–Crippen MR) is 65.6 cm³/mol. The van der Waals surface area contributed by atoms with Crippen LogP contribution in [0.1, 0.15) is 24.2 Å². The van der Waals surface area contributed by atoms with Crippen molar-refractivity contribution >= 4 is 17.4 Å². The Bertz CT molecular complexity index is 596. The molecule has 0 fully saturated rings. The molecular formula is C11H13ClN2O3. The van der Waals surface area contributed by atoms with E-state index in [1.165, 1.54) is 30.3 Å². The quantitative estimate of drug-likeness (QED) is 0.755. The lowest BCUT2D eigenvalue weighted by Crippen LogP contribution is -2.40. The SMILES string of the molecule is CC(=O)c1cn(CC(C)=CCl)c(=O)n(C)c1=O. The fourth-order valence-electron chi connectivity index (χ4n) is 1.38. The molecule has 92 valence electrons. The van der Waals surface area contributed by atoms with E-state index in [9.17, 15) is 14.4 Å². The number of allylic oxidation sites excluding steroid dienone is 1. The van der Waals surface area contributed by atoms with Crippen LogP contribution in [0, 0.1) is 0 Å². The molecule has 17 heavy (non-hydrogen) atoms. The first-order valence-electron chi connectivity index (χ1n) is 4.95. The van der Waals surface area contributed by atoms with Crippen LogP contribution in [0.4, 0.5) is 0 Å². The van der Waals surface area contributed by atoms with E-state index in [4.69, 9.17) is 11.6 Å². The topological polar surface area (TPSA) is 61.1 Å². The third-order valence-corrected chi connectivity index (χ3v) is 2.71. The van der Waals surface area contributed by atoms with Crippen molar-refractivity contribution in [3.63, 3.8) is 0 Å². The number of rotatable bonds is 3. The van der Waals surface area contributed by atoms with Crippen molar-refractivity contribution in [3.05, 3.63) is 43.7 Å². The van der Waals surface area contributed by atoms with Crippen LogP contribution in [-0.4, -0.2) is 14.9 Å². The molecule has 1 rings (SSSR count). The number of ketones is 1.